The second-order valence-corrected chi connectivity index (χ2v) is 8.21. The molecule has 182 valence electrons. The number of rotatable bonds is 10. The van der Waals surface area contributed by atoms with Gasteiger partial charge in [-0.3, -0.25) is 10.2 Å². The fraction of sp³-hybridized carbons (Fsp3) is 0.280. The van der Waals surface area contributed by atoms with Crippen LogP contribution in [-0.2, 0) is 4.79 Å². The van der Waals surface area contributed by atoms with Crippen molar-refractivity contribution in [2.45, 2.75) is 18.9 Å². The van der Waals surface area contributed by atoms with Gasteiger partial charge in [0.25, 0.3) is 0 Å². The van der Waals surface area contributed by atoms with Gasteiger partial charge in [-0.05, 0) is 54.8 Å². The molecule has 1 aliphatic heterocycles. The van der Waals surface area contributed by atoms with Crippen molar-refractivity contribution in [1.29, 1.82) is 5.41 Å². The summed E-state index contributed by atoms with van der Waals surface area (Å²) in [7, 11) is 0. The second-order valence-electron chi connectivity index (χ2n) is 8.21. The Hall–Kier alpha value is -4.05. The molecule has 0 saturated carbocycles. The van der Waals surface area contributed by atoms with Crippen LogP contribution >= 0.6 is 0 Å². The molecular weight excluding hydrogens is 449 g/mol. The number of imidazole rings is 1. The molecule has 3 aromatic rings. The number of aromatic nitrogens is 3. The summed E-state index contributed by atoms with van der Waals surface area (Å²) in [4.78, 5) is 24.7. The van der Waals surface area contributed by atoms with Gasteiger partial charge in [0, 0.05) is 19.6 Å². The highest BCUT2D eigenvalue weighted by Crippen LogP contribution is 2.32. The molecule has 1 aromatic carbocycles. The molecule has 1 aliphatic rings. The van der Waals surface area contributed by atoms with Crippen LogP contribution in [0.2, 0.25) is 0 Å². The molecule has 1 fully saturated rings. The predicted molar refractivity (Wildman–Crippen MR) is 133 cm³/mol. The number of aliphatic carboxylic acids is 1. The smallest absolute Gasteiger partial charge is 0.317 e. The van der Waals surface area contributed by atoms with E-state index in [4.69, 9.17) is 10.5 Å². The van der Waals surface area contributed by atoms with Crippen LogP contribution in [0.15, 0.2) is 54.7 Å². The number of benzene rings is 1. The number of likely N-dealkylation sites (tertiary alicyclic amines) is 1. The number of hydrogen-bond acceptors (Lipinski definition) is 6. The number of anilines is 1. The van der Waals surface area contributed by atoms with Crippen LogP contribution in [0.5, 0.6) is 0 Å². The third-order valence-electron chi connectivity index (χ3n) is 5.70. The average molecular weight is 478 g/mol. The number of pyridine rings is 1. The number of nitrogens with zero attached hydrogens (tertiary/aromatic N) is 3. The largest absolute Gasteiger partial charge is 0.480 e. The third kappa shape index (κ3) is 6.51. The number of carboxylic acids is 1. The van der Waals surface area contributed by atoms with E-state index in [1.54, 1.807) is 30.5 Å². The lowest BCUT2D eigenvalue weighted by atomic mass is 10.0. The van der Waals surface area contributed by atoms with Gasteiger partial charge in [0.1, 0.15) is 23.3 Å². The predicted octanol–water partition coefficient (Wildman–Crippen LogP) is 3.52. The number of halogens is 1. The maximum atomic E-state index is 13.7. The Kier molecular flexibility index (Phi) is 7.84. The highest BCUT2D eigenvalue weighted by atomic mass is 19.1. The van der Waals surface area contributed by atoms with Crippen molar-refractivity contribution in [2.75, 3.05) is 31.5 Å². The molecule has 0 amide bonds. The van der Waals surface area contributed by atoms with E-state index >= 15 is 0 Å². The summed E-state index contributed by atoms with van der Waals surface area (Å²) in [6.45, 7) is 1.71. The number of nitrogens with one attached hydrogen (secondary N) is 4. The molecule has 0 spiro atoms. The Bertz CT molecular complexity index is 1210. The minimum Gasteiger partial charge on any atom is -0.480 e. The van der Waals surface area contributed by atoms with Gasteiger partial charge < -0.3 is 25.6 Å². The van der Waals surface area contributed by atoms with Crippen LogP contribution in [0.1, 0.15) is 30.3 Å². The topological polar surface area (TPSA) is 130 Å². The van der Waals surface area contributed by atoms with Gasteiger partial charge in [0.15, 0.2) is 0 Å². The summed E-state index contributed by atoms with van der Waals surface area (Å²) < 4.78 is 13.7. The standard InChI is InChI=1S/C25H28FN7O2/c26-18-5-1-4-17(14-18)21-7-3-13-33(21)22(27)9-10-24-30-15-20(32-24)19-6-2-8-23(31-19)29-12-11-28-16-25(34)35/h1-2,4-6,8-10,14-15,21,27-28H,3,7,11-13,16H2,(H,29,31)(H,30,32)(H,34,35)/b10-9-,27-22?/t21-/m1/s1. The molecule has 5 N–H and O–H groups in total. The van der Waals surface area contributed by atoms with E-state index in [0.29, 0.717) is 36.3 Å². The van der Waals surface area contributed by atoms with Gasteiger partial charge in [-0.1, -0.05) is 18.2 Å². The maximum absolute atomic E-state index is 13.7. The van der Waals surface area contributed by atoms with Crippen molar-refractivity contribution in [1.82, 2.24) is 25.2 Å². The number of aromatic amines is 1. The molecule has 1 atom stereocenters. The number of carbonyl (C=O) groups is 1. The van der Waals surface area contributed by atoms with E-state index in [2.05, 4.69) is 25.6 Å². The summed E-state index contributed by atoms with van der Waals surface area (Å²) in [5.41, 5.74) is 2.34. The molecule has 4 rings (SSSR count). The van der Waals surface area contributed by atoms with Gasteiger partial charge in [0.05, 0.1) is 30.2 Å². The van der Waals surface area contributed by atoms with E-state index < -0.39 is 5.97 Å². The van der Waals surface area contributed by atoms with E-state index in [1.807, 2.05) is 29.2 Å². The first-order valence-electron chi connectivity index (χ1n) is 11.5. The monoisotopic (exact) mass is 477 g/mol. The van der Waals surface area contributed by atoms with Crippen LogP contribution in [0.4, 0.5) is 10.2 Å². The molecular formula is C25H28FN7O2. The summed E-state index contributed by atoms with van der Waals surface area (Å²) in [5, 5.41) is 23.1. The zero-order chi connectivity index (χ0) is 24.6. The van der Waals surface area contributed by atoms with Crippen LogP contribution < -0.4 is 10.6 Å². The molecule has 0 unspecified atom stereocenters. The quantitative estimate of drug-likeness (QED) is 0.172. The number of hydrogen-bond donors (Lipinski definition) is 5. The van der Waals surface area contributed by atoms with E-state index in [9.17, 15) is 9.18 Å². The normalized spacial score (nSPS) is 15.6. The van der Waals surface area contributed by atoms with Gasteiger partial charge in [-0.15, -0.1) is 0 Å². The molecule has 0 bridgehead atoms. The van der Waals surface area contributed by atoms with Gasteiger partial charge >= 0.3 is 5.97 Å². The van der Waals surface area contributed by atoms with Crippen molar-refractivity contribution < 1.29 is 14.3 Å². The van der Waals surface area contributed by atoms with Crippen molar-refractivity contribution in [3.8, 4) is 11.4 Å². The van der Waals surface area contributed by atoms with E-state index in [0.717, 1.165) is 30.6 Å². The molecule has 3 heterocycles. The van der Waals surface area contributed by atoms with Crippen LogP contribution in [0, 0.1) is 11.2 Å². The Labute approximate surface area is 202 Å². The minimum atomic E-state index is -0.892. The first-order chi connectivity index (χ1) is 17.0. The molecule has 2 aromatic heterocycles. The van der Waals surface area contributed by atoms with Crippen molar-refractivity contribution in [2.24, 2.45) is 0 Å². The zero-order valence-electron chi connectivity index (χ0n) is 19.2. The fourth-order valence-electron chi connectivity index (χ4n) is 4.08. The Morgan fingerprint density at radius 1 is 1.29 bits per heavy atom. The van der Waals surface area contributed by atoms with Crippen LogP contribution in [-0.4, -0.2) is 62.9 Å². The highest BCUT2D eigenvalue weighted by molar-refractivity contribution is 5.94. The molecule has 0 radical (unpaired) electrons. The Morgan fingerprint density at radius 2 is 2.14 bits per heavy atom. The highest BCUT2D eigenvalue weighted by Gasteiger charge is 2.27. The summed E-state index contributed by atoms with van der Waals surface area (Å²) in [5.74, 6) is 0.476. The number of carboxylic acid groups (broad SMARTS) is 1. The first-order valence-corrected chi connectivity index (χ1v) is 11.5. The molecule has 9 nitrogen and oxygen atoms in total. The molecule has 1 saturated heterocycles. The molecule has 10 heteroatoms. The molecule has 35 heavy (non-hydrogen) atoms. The summed E-state index contributed by atoms with van der Waals surface area (Å²) >= 11 is 0. The number of H-pyrrole nitrogens is 1. The fourth-order valence-corrected chi connectivity index (χ4v) is 4.08. The lowest BCUT2D eigenvalue weighted by Gasteiger charge is -2.26. The van der Waals surface area contributed by atoms with E-state index in [1.165, 1.54) is 6.07 Å². The zero-order valence-corrected chi connectivity index (χ0v) is 19.2. The van der Waals surface area contributed by atoms with Crippen molar-refractivity contribution >= 4 is 23.7 Å². The van der Waals surface area contributed by atoms with Crippen LogP contribution in [0.3, 0.4) is 0 Å². The van der Waals surface area contributed by atoms with Gasteiger partial charge in [-0.2, -0.15) is 0 Å². The third-order valence-corrected chi connectivity index (χ3v) is 5.70. The second kappa shape index (κ2) is 11.4. The summed E-state index contributed by atoms with van der Waals surface area (Å²) in [6.07, 6.45) is 6.98. The van der Waals surface area contributed by atoms with Crippen LogP contribution in [0.25, 0.3) is 17.5 Å². The minimum absolute atomic E-state index is 0.00576. The summed E-state index contributed by atoms with van der Waals surface area (Å²) in [6, 6.07) is 12.2. The SMILES string of the molecule is N=C(/C=C\c1ncc(-c2cccc(NCCNCC(=O)O)n2)[nH]1)N1CCC[C@@H]1c1cccc(F)c1. The first kappa shape index (κ1) is 24.1. The van der Waals surface area contributed by atoms with Gasteiger partial charge in [-0.25, -0.2) is 14.4 Å². The Morgan fingerprint density at radius 3 is 2.97 bits per heavy atom. The Balaban J connectivity index is 1.36. The van der Waals surface area contributed by atoms with Crippen molar-refractivity contribution in [3.63, 3.8) is 0 Å². The van der Waals surface area contributed by atoms with Crippen molar-refractivity contribution in [3.05, 3.63) is 71.9 Å². The van der Waals surface area contributed by atoms with E-state index in [-0.39, 0.29) is 18.4 Å². The van der Waals surface area contributed by atoms with Gasteiger partial charge in [0.2, 0.25) is 0 Å². The lowest BCUT2D eigenvalue weighted by molar-refractivity contribution is -0.135. The maximum Gasteiger partial charge on any atom is 0.317 e. The number of amidine groups is 1. The average Bonchev–Trinajstić information content (AvgIpc) is 3.53. The molecule has 0 aliphatic carbocycles. The lowest BCUT2D eigenvalue weighted by Crippen LogP contribution is -2.28.